The van der Waals surface area contributed by atoms with E-state index in [-0.39, 0.29) is 12.1 Å². The van der Waals surface area contributed by atoms with E-state index in [1.807, 2.05) is 62.8 Å². The summed E-state index contributed by atoms with van der Waals surface area (Å²) < 4.78 is 7.14. The number of rotatable bonds is 6. The highest BCUT2D eigenvalue weighted by Gasteiger charge is 2.18. The minimum Gasteiger partial charge on any atom is -0.444 e. The first-order chi connectivity index (χ1) is 10.9. The predicted octanol–water partition coefficient (Wildman–Crippen LogP) is 2.73. The van der Waals surface area contributed by atoms with Crippen LogP contribution in [-0.4, -0.2) is 33.9 Å². The first-order valence-corrected chi connectivity index (χ1v) is 8.00. The van der Waals surface area contributed by atoms with E-state index in [1.54, 1.807) is 0 Å². The molecule has 2 aromatic heterocycles. The van der Waals surface area contributed by atoms with Gasteiger partial charge in [0.15, 0.2) is 0 Å². The zero-order valence-electron chi connectivity index (χ0n) is 14.3. The van der Waals surface area contributed by atoms with Gasteiger partial charge in [-0.2, -0.15) is 5.10 Å². The van der Waals surface area contributed by atoms with Crippen LogP contribution in [0.15, 0.2) is 30.6 Å². The molecule has 1 amide bonds. The van der Waals surface area contributed by atoms with Crippen LogP contribution in [0.3, 0.4) is 0 Å². The number of pyridine rings is 1. The molecule has 0 spiro atoms. The fourth-order valence-corrected chi connectivity index (χ4v) is 2.28. The third-order valence-corrected chi connectivity index (χ3v) is 3.43. The maximum Gasteiger partial charge on any atom is 0.407 e. The Hall–Kier alpha value is -2.08. The average molecular weight is 318 g/mol. The molecule has 23 heavy (non-hydrogen) atoms. The van der Waals surface area contributed by atoms with Crippen molar-refractivity contribution in [3.63, 3.8) is 0 Å². The third-order valence-electron chi connectivity index (χ3n) is 3.43. The Kier molecular flexibility index (Phi) is 5.60. The molecule has 0 saturated carbocycles. The number of hydrogen-bond acceptors (Lipinski definition) is 4. The topological polar surface area (TPSA) is 67.7 Å². The van der Waals surface area contributed by atoms with Crippen LogP contribution in [0, 0.1) is 0 Å². The van der Waals surface area contributed by atoms with Gasteiger partial charge in [-0.3, -0.25) is 0 Å². The lowest BCUT2D eigenvalue weighted by Crippen LogP contribution is -2.43. The Morgan fingerprint density at radius 3 is 2.87 bits per heavy atom. The van der Waals surface area contributed by atoms with Gasteiger partial charge in [-0.05, 0) is 39.3 Å². The Labute approximate surface area is 137 Å². The van der Waals surface area contributed by atoms with E-state index in [9.17, 15) is 4.79 Å². The number of aromatic nitrogens is 2. The zero-order chi connectivity index (χ0) is 16.9. The van der Waals surface area contributed by atoms with Gasteiger partial charge in [-0.25, -0.2) is 9.31 Å². The minimum absolute atomic E-state index is 0.0340. The molecular formula is C17H26N4O2. The van der Waals surface area contributed by atoms with E-state index in [1.165, 1.54) is 0 Å². The number of alkyl carbamates (subject to hydrolysis) is 1. The van der Waals surface area contributed by atoms with Crippen molar-refractivity contribution < 1.29 is 9.53 Å². The van der Waals surface area contributed by atoms with Crippen molar-refractivity contribution in [1.29, 1.82) is 0 Å². The van der Waals surface area contributed by atoms with Gasteiger partial charge >= 0.3 is 6.09 Å². The Morgan fingerprint density at radius 2 is 2.17 bits per heavy atom. The molecule has 0 radical (unpaired) electrons. The lowest BCUT2D eigenvalue weighted by atomic mass is 10.2. The molecule has 2 rings (SSSR count). The van der Waals surface area contributed by atoms with Crippen LogP contribution < -0.4 is 10.6 Å². The van der Waals surface area contributed by atoms with Crippen molar-refractivity contribution in [2.24, 2.45) is 0 Å². The monoisotopic (exact) mass is 318 g/mol. The SMILES string of the molecule is CCC(CNCc1cnn2ccccc12)NC(=O)OC(C)(C)C. The van der Waals surface area contributed by atoms with Gasteiger partial charge in [0.05, 0.1) is 11.7 Å². The van der Waals surface area contributed by atoms with E-state index in [0.717, 1.165) is 17.5 Å². The van der Waals surface area contributed by atoms with Crippen molar-refractivity contribution in [1.82, 2.24) is 20.2 Å². The second kappa shape index (κ2) is 7.46. The summed E-state index contributed by atoms with van der Waals surface area (Å²) in [5.41, 5.74) is 1.75. The van der Waals surface area contributed by atoms with Crippen LogP contribution in [0.2, 0.25) is 0 Å². The van der Waals surface area contributed by atoms with E-state index in [4.69, 9.17) is 4.74 Å². The van der Waals surface area contributed by atoms with Gasteiger partial charge in [0, 0.05) is 30.9 Å². The molecule has 0 saturated heterocycles. The van der Waals surface area contributed by atoms with E-state index >= 15 is 0 Å². The lowest BCUT2D eigenvalue weighted by molar-refractivity contribution is 0.0502. The van der Waals surface area contributed by atoms with Crippen molar-refractivity contribution in [3.8, 4) is 0 Å². The van der Waals surface area contributed by atoms with E-state index < -0.39 is 5.60 Å². The number of carbonyl (C=O) groups is 1. The molecule has 2 aromatic rings. The van der Waals surface area contributed by atoms with Crippen LogP contribution in [0.1, 0.15) is 39.7 Å². The largest absolute Gasteiger partial charge is 0.444 e. The first kappa shape index (κ1) is 17.3. The molecule has 0 aliphatic rings. The number of amides is 1. The van der Waals surface area contributed by atoms with Crippen LogP contribution >= 0.6 is 0 Å². The fourth-order valence-electron chi connectivity index (χ4n) is 2.28. The standard InChI is InChI=1S/C17H26N4O2/c1-5-14(20-16(22)23-17(2,3)4)12-18-10-13-11-19-21-9-7-6-8-15(13)21/h6-9,11,14,18H,5,10,12H2,1-4H3,(H,20,22). The summed E-state index contributed by atoms with van der Waals surface area (Å²) in [5, 5.41) is 10.6. The van der Waals surface area contributed by atoms with Gasteiger partial charge in [0.1, 0.15) is 5.60 Å². The number of hydrogen-bond donors (Lipinski definition) is 2. The van der Waals surface area contributed by atoms with Crippen molar-refractivity contribution in [2.45, 2.75) is 52.3 Å². The molecule has 6 heteroatoms. The maximum atomic E-state index is 11.8. The number of ether oxygens (including phenoxy) is 1. The molecule has 2 heterocycles. The van der Waals surface area contributed by atoms with Crippen LogP contribution in [0.5, 0.6) is 0 Å². The molecule has 1 atom stereocenters. The molecule has 6 nitrogen and oxygen atoms in total. The summed E-state index contributed by atoms with van der Waals surface area (Å²) in [7, 11) is 0. The lowest BCUT2D eigenvalue weighted by Gasteiger charge is -2.23. The Bertz CT molecular complexity index is 645. The number of nitrogens with zero attached hydrogens (tertiary/aromatic N) is 2. The maximum absolute atomic E-state index is 11.8. The Balaban J connectivity index is 1.83. The molecule has 0 fully saturated rings. The highest BCUT2D eigenvalue weighted by atomic mass is 16.6. The molecule has 0 bridgehead atoms. The summed E-state index contributed by atoms with van der Waals surface area (Å²) in [6.07, 6.45) is 4.26. The normalized spacial score (nSPS) is 13.0. The van der Waals surface area contributed by atoms with Gasteiger partial charge in [0.25, 0.3) is 0 Å². The van der Waals surface area contributed by atoms with Crippen LogP contribution in [-0.2, 0) is 11.3 Å². The summed E-state index contributed by atoms with van der Waals surface area (Å²) in [4.78, 5) is 11.8. The predicted molar refractivity (Wildman–Crippen MR) is 90.3 cm³/mol. The first-order valence-electron chi connectivity index (χ1n) is 8.00. The van der Waals surface area contributed by atoms with Gasteiger partial charge in [0.2, 0.25) is 0 Å². The van der Waals surface area contributed by atoms with Crippen molar-refractivity contribution in [3.05, 3.63) is 36.2 Å². The van der Waals surface area contributed by atoms with E-state index in [2.05, 4.69) is 15.7 Å². The Morgan fingerprint density at radius 1 is 1.39 bits per heavy atom. The third kappa shape index (κ3) is 5.25. The molecule has 0 aliphatic carbocycles. The minimum atomic E-state index is -0.479. The molecule has 126 valence electrons. The van der Waals surface area contributed by atoms with Gasteiger partial charge < -0.3 is 15.4 Å². The second-order valence-corrected chi connectivity index (χ2v) is 6.58. The summed E-state index contributed by atoms with van der Waals surface area (Å²) >= 11 is 0. The van der Waals surface area contributed by atoms with Gasteiger partial charge in [-0.1, -0.05) is 13.0 Å². The fraction of sp³-hybridized carbons (Fsp3) is 0.529. The number of fused-ring (bicyclic) bond motifs is 1. The van der Waals surface area contributed by atoms with E-state index in [0.29, 0.717) is 13.1 Å². The highest BCUT2D eigenvalue weighted by Crippen LogP contribution is 2.10. The number of nitrogens with one attached hydrogen (secondary N) is 2. The van der Waals surface area contributed by atoms with Crippen LogP contribution in [0.25, 0.3) is 5.52 Å². The summed E-state index contributed by atoms with van der Waals surface area (Å²) in [6.45, 7) is 9.00. The van der Waals surface area contributed by atoms with Gasteiger partial charge in [-0.15, -0.1) is 0 Å². The van der Waals surface area contributed by atoms with Crippen LogP contribution in [0.4, 0.5) is 4.79 Å². The second-order valence-electron chi connectivity index (χ2n) is 6.58. The molecule has 0 aromatic carbocycles. The highest BCUT2D eigenvalue weighted by molar-refractivity contribution is 5.68. The van der Waals surface area contributed by atoms with Crippen molar-refractivity contribution >= 4 is 11.6 Å². The summed E-state index contributed by atoms with van der Waals surface area (Å²) in [6, 6.07) is 6.03. The van der Waals surface area contributed by atoms with Crippen molar-refractivity contribution in [2.75, 3.05) is 6.54 Å². The molecular weight excluding hydrogens is 292 g/mol. The smallest absolute Gasteiger partial charge is 0.407 e. The number of carbonyl (C=O) groups excluding carboxylic acids is 1. The quantitative estimate of drug-likeness (QED) is 0.859. The summed E-state index contributed by atoms with van der Waals surface area (Å²) in [5.74, 6) is 0. The molecule has 1 unspecified atom stereocenters. The molecule has 0 aliphatic heterocycles. The zero-order valence-corrected chi connectivity index (χ0v) is 14.3. The average Bonchev–Trinajstić information content (AvgIpc) is 2.88. The molecule has 2 N–H and O–H groups in total.